The molecule has 1 heterocycles. The third-order valence-corrected chi connectivity index (χ3v) is 5.02. The van der Waals surface area contributed by atoms with Crippen molar-refractivity contribution in [1.29, 1.82) is 0 Å². The van der Waals surface area contributed by atoms with E-state index in [1.807, 2.05) is 0 Å². The first-order chi connectivity index (χ1) is 15.5. The summed E-state index contributed by atoms with van der Waals surface area (Å²) in [5.74, 6) is -5.86. The van der Waals surface area contributed by atoms with Crippen LogP contribution in [0, 0.1) is 0 Å². The van der Waals surface area contributed by atoms with Crippen molar-refractivity contribution in [3.8, 4) is 0 Å². The second-order valence-electron chi connectivity index (χ2n) is 7.61. The Bertz CT molecular complexity index is 760. The smallest absolute Gasteiger partial charge is 0.326 e. The monoisotopic (exact) mass is 473 g/mol. The van der Waals surface area contributed by atoms with Gasteiger partial charge in [-0.15, -0.1) is 0 Å². The van der Waals surface area contributed by atoms with Crippen LogP contribution in [0.4, 0.5) is 0 Å². The molecule has 0 radical (unpaired) electrons. The Morgan fingerprint density at radius 1 is 1.00 bits per heavy atom. The molecule has 0 spiro atoms. The topological polar surface area (TPSA) is 228 Å². The van der Waals surface area contributed by atoms with Crippen LogP contribution in [0.3, 0.4) is 0 Å². The first kappa shape index (κ1) is 27.8. The lowest BCUT2D eigenvalue weighted by Gasteiger charge is -2.28. The maximum absolute atomic E-state index is 13.0. The van der Waals surface area contributed by atoms with E-state index in [-0.39, 0.29) is 25.9 Å². The van der Waals surface area contributed by atoms with Gasteiger partial charge in [0.2, 0.25) is 23.6 Å². The Hall–Kier alpha value is -3.26. The molecule has 8 N–H and O–H groups in total. The van der Waals surface area contributed by atoms with Crippen molar-refractivity contribution < 1.29 is 44.1 Å². The van der Waals surface area contributed by atoms with E-state index in [2.05, 4.69) is 16.0 Å². The highest BCUT2D eigenvalue weighted by atomic mass is 16.4. The van der Waals surface area contributed by atoms with Gasteiger partial charge in [-0.2, -0.15) is 0 Å². The predicted octanol–water partition coefficient (Wildman–Crippen LogP) is -3.26. The van der Waals surface area contributed by atoms with Crippen LogP contribution in [0.2, 0.25) is 0 Å². The zero-order valence-electron chi connectivity index (χ0n) is 18.3. The van der Waals surface area contributed by atoms with Crippen LogP contribution in [-0.2, 0) is 28.8 Å². The van der Waals surface area contributed by atoms with E-state index in [1.165, 1.54) is 0 Å². The number of likely N-dealkylation sites (tertiary alicyclic amines) is 1. The molecule has 186 valence electrons. The summed E-state index contributed by atoms with van der Waals surface area (Å²) in [7, 11) is 0. The molecule has 1 rings (SSSR count). The number of amides is 4. The van der Waals surface area contributed by atoms with Crippen molar-refractivity contribution in [2.24, 2.45) is 5.73 Å². The van der Waals surface area contributed by atoms with Crippen molar-refractivity contribution in [2.75, 3.05) is 19.7 Å². The molecule has 0 bridgehead atoms. The number of nitrogens with zero attached hydrogens (tertiary/aromatic N) is 1. The van der Waals surface area contributed by atoms with Gasteiger partial charge in [0.1, 0.15) is 24.2 Å². The van der Waals surface area contributed by atoms with E-state index in [4.69, 9.17) is 10.8 Å². The standard InChI is InChI=1S/C19H31N5O9/c1-10(26)21-13(9-25)17(30)23-12(8-15(27)28)16(29)22-11(4-2-6-20)18(31)24-7-3-5-14(24)19(32)33/h11-14,25H,2-9,20H2,1H3,(H,21,26)(H,22,29)(H,23,30)(H,27,28)(H,32,33)/t11-,12-,13-,14-/m0/s1. The molecule has 0 aromatic rings. The highest BCUT2D eigenvalue weighted by Gasteiger charge is 2.38. The first-order valence-corrected chi connectivity index (χ1v) is 10.5. The fourth-order valence-corrected chi connectivity index (χ4v) is 3.43. The third-order valence-electron chi connectivity index (χ3n) is 5.02. The normalized spacial score (nSPS) is 18.0. The molecule has 0 aromatic heterocycles. The van der Waals surface area contributed by atoms with E-state index in [0.29, 0.717) is 12.8 Å². The van der Waals surface area contributed by atoms with Gasteiger partial charge in [-0.05, 0) is 32.2 Å². The van der Waals surface area contributed by atoms with Crippen LogP contribution in [0.1, 0.15) is 39.0 Å². The molecule has 14 heteroatoms. The number of rotatable bonds is 13. The minimum Gasteiger partial charge on any atom is -0.481 e. The first-order valence-electron chi connectivity index (χ1n) is 10.5. The lowest BCUT2D eigenvalue weighted by Crippen LogP contribution is -2.58. The lowest BCUT2D eigenvalue weighted by atomic mass is 10.1. The number of carbonyl (C=O) groups is 6. The number of nitrogens with two attached hydrogens (primary N) is 1. The van der Waals surface area contributed by atoms with Gasteiger partial charge in [0.15, 0.2) is 0 Å². The molecule has 4 amide bonds. The molecule has 0 aliphatic carbocycles. The van der Waals surface area contributed by atoms with Gasteiger partial charge >= 0.3 is 11.9 Å². The van der Waals surface area contributed by atoms with Gasteiger partial charge in [-0.3, -0.25) is 24.0 Å². The Kier molecular flexibility index (Phi) is 11.2. The molecular weight excluding hydrogens is 442 g/mol. The van der Waals surface area contributed by atoms with Crippen molar-refractivity contribution in [2.45, 2.75) is 63.2 Å². The number of carboxylic acid groups (broad SMARTS) is 2. The largest absolute Gasteiger partial charge is 0.481 e. The average molecular weight is 473 g/mol. The quantitative estimate of drug-likeness (QED) is 0.141. The van der Waals surface area contributed by atoms with Crippen LogP contribution >= 0.6 is 0 Å². The van der Waals surface area contributed by atoms with Crippen molar-refractivity contribution in [1.82, 2.24) is 20.9 Å². The Labute approximate surface area is 189 Å². The minimum absolute atomic E-state index is 0.0722. The number of aliphatic carboxylic acids is 2. The Morgan fingerprint density at radius 2 is 1.61 bits per heavy atom. The van der Waals surface area contributed by atoms with Crippen molar-refractivity contribution >= 4 is 35.6 Å². The Balaban J connectivity index is 3.01. The summed E-state index contributed by atoms with van der Waals surface area (Å²) in [6.07, 6.45) is 0.289. The fraction of sp³-hybridized carbons (Fsp3) is 0.684. The molecule has 33 heavy (non-hydrogen) atoms. The second kappa shape index (κ2) is 13.3. The second-order valence-corrected chi connectivity index (χ2v) is 7.61. The van der Waals surface area contributed by atoms with E-state index in [9.17, 15) is 39.0 Å². The van der Waals surface area contributed by atoms with Crippen LogP contribution in [0.15, 0.2) is 0 Å². The summed E-state index contributed by atoms with van der Waals surface area (Å²) >= 11 is 0. The maximum atomic E-state index is 13.0. The van der Waals surface area contributed by atoms with E-state index >= 15 is 0 Å². The summed E-state index contributed by atoms with van der Waals surface area (Å²) in [6.45, 7) is 0.685. The van der Waals surface area contributed by atoms with Crippen LogP contribution in [-0.4, -0.2) is 99.7 Å². The average Bonchev–Trinajstić information content (AvgIpc) is 3.23. The van der Waals surface area contributed by atoms with Crippen LogP contribution in [0.5, 0.6) is 0 Å². The maximum Gasteiger partial charge on any atom is 0.326 e. The van der Waals surface area contributed by atoms with Crippen LogP contribution in [0.25, 0.3) is 0 Å². The van der Waals surface area contributed by atoms with Crippen molar-refractivity contribution in [3.05, 3.63) is 0 Å². The van der Waals surface area contributed by atoms with E-state index in [0.717, 1.165) is 11.8 Å². The zero-order chi connectivity index (χ0) is 25.1. The molecule has 0 saturated carbocycles. The zero-order valence-corrected chi connectivity index (χ0v) is 18.3. The molecule has 14 nitrogen and oxygen atoms in total. The SMILES string of the molecule is CC(=O)N[C@@H](CO)C(=O)N[C@@H](CC(=O)O)C(=O)N[C@@H](CCCN)C(=O)N1CCC[C@H]1C(=O)O. The third kappa shape index (κ3) is 8.65. The predicted molar refractivity (Wildman–Crippen MR) is 111 cm³/mol. The van der Waals surface area contributed by atoms with E-state index in [1.54, 1.807) is 0 Å². The number of nitrogens with one attached hydrogen (secondary N) is 3. The summed E-state index contributed by atoms with van der Waals surface area (Å²) in [4.78, 5) is 73.0. The molecule has 4 atom stereocenters. The van der Waals surface area contributed by atoms with Gasteiger partial charge < -0.3 is 41.9 Å². The number of hydrogen-bond acceptors (Lipinski definition) is 8. The molecule has 1 fully saturated rings. The summed E-state index contributed by atoms with van der Waals surface area (Å²) < 4.78 is 0. The number of hydrogen-bond donors (Lipinski definition) is 7. The highest BCUT2D eigenvalue weighted by molar-refractivity contribution is 5.96. The Morgan fingerprint density at radius 3 is 2.12 bits per heavy atom. The van der Waals surface area contributed by atoms with Gasteiger partial charge in [0, 0.05) is 13.5 Å². The number of aliphatic hydroxyl groups is 1. The van der Waals surface area contributed by atoms with Gasteiger partial charge in [0.05, 0.1) is 13.0 Å². The molecule has 1 aliphatic rings. The number of carboxylic acids is 2. The molecule has 0 unspecified atom stereocenters. The molecule has 1 saturated heterocycles. The van der Waals surface area contributed by atoms with Crippen molar-refractivity contribution in [3.63, 3.8) is 0 Å². The number of carbonyl (C=O) groups excluding carboxylic acids is 4. The van der Waals surface area contributed by atoms with Gasteiger partial charge in [-0.25, -0.2) is 4.79 Å². The summed E-state index contributed by atoms with van der Waals surface area (Å²) in [6, 6.07) is -5.26. The summed E-state index contributed by atoms with van der Waals surface area (Å²) in [5, 5.41) is 34.4. The molecule has 0 aromatic carbocycles. The minimum atomic E-state index is -1.63. The number of aliphatic hydroxyl groups excluding tert-OH is 1. The summed E-state index contributed by atoms with van der Waals surface area (Å²) in [5.41, 5.74) is 5.49. The van der Waals surface area contributed by atoms with E-state index < -0.39 is 72.8 Å². The molecular formula is C19H31N5O9. The molecule has 1 aliphatic heterocycles. The lowest BCUT2D eigenvalue weighted by molar-refractivity contribution is -0.149. The fourth-order valence-electron chi connectivity index (χ4n) is 3.43. The van der Waals surface area contributed by atoms with Crippen LogP contribution < -0.4 is 21.7 Å². The highest BCUT2D eigenvalue weighted by Crippen LogP contribution is 2.19. The van der Waals surface area contributed by atoms with Gasteiger partial charge in [-0.1, -0.05) is 0 Å². The van der Waals surface area contributed by atoms with Gasteiger partial charge in [0.25, 0.3) is 0 Å².